The summed E-state index contributed by atoms with van der Waals surface area (Å²) in [6.07, 6.45) is -3.37. The van der Waals surface area contributed by atoms with E-state index in [-0.39, 0.29) is 29.9 Å². The number of guanidine groups is 1. The molecule has 1 saturated heterocycles. The van der Waals surface area contributed by atoms with Gasteiger partial charge in [0, 0.05) is 39.3 Å². The van der Waals surface area contributed by atoms with Gasteiger partial charge in [0.05, 0.1) is 13.7 Å². The first-order valence-electron chi connectivity index (χ1n) is 8.65. The van der Waals surface area contributed by atoms with Crippen LogP contribution in [0.5, 0.6) is 5.75 Å². The van der Waals surface area contributed by atoms with Gasteiger partial charge in [0.15, 0.2) is 5.96 Å². The zero-order valence-electron chi connectivity index (χ0n) is 15.9. The maximum atomic E-state index is 12.5. The Morgan fingerprint density at radius 1 is 1.37 bits per heavy atom. The molecule has 1 unspecified atom stereocenters. The highest BCUT2D eigenvalue weighted by Gasteiger charge is 2.34. The molecule has 1 atom stereocenters. The predicted octanol–water partition coefficient (Wildman–Crippen LogP) is 3.20. The van der Waals surface area contributed by atoms with Crippen LogP contribution in [-0.4, -0.2) is 69.3 Å². The summed E-state index contributed by atoms with van der Waals surface area (Å²) >= 11 is 0. The molecular weight excluding hydrogens is 472 g/mol. The van der Waals surface area contributed by atoms with Crippen molar-refractivity contribution in [3.63, 3.8) is 0 Å². The van der Waals surface area contributed by atoms with E-state index in [0.29, 0.717) is 32.1 Å². The number of para-hydroxylation sites is 1. The molecule has 1 aliphatic rings. The number of hydrogen-bond donors (Lipinski definition) is 1. The van der Waals surface area contributed by atoms with Crippen molar-refractivity contribution in [3.8, 4) is 5.75 Å². The first-order chi connectivity index (χ1) is 12.3. The van der Waals surface area contributed by atoms with Crippen LogP contribution in [0.15, 0.2) is 29.3 Å². The lowest BCUT2D eigenvalue weighted by Crippen LogP contribution is -2.41. The Balaban J connectivity index is 0.00000364. The fraction of sp³-hybridized carbons (Fsp3) is 0.611. The normalized spacial score (nSPS) is 18.1. The van der Waals surface area contributed by atoms with Crippen molar-refractivity contribution in [1.82, 2.24) is 15.1 Å². The van der Waals surface area contributed by atoms with E-state index in [4.69, 9.17) is 4.74 Å². The molecule has 9 heteroatoms. The van der Waals surface area contributed by atoms with E-state index >= 15 is 0 Å². The quantitative estimate of drug-likeness (QED) is 0.370. The number of aliphatic imine (C=N–C) groups is 1. The molecule has 0 radical (unpaired) electrons. The molecule has 1 aromatic rings. The number of methoxy groups -OCH3 is 1. The number of alkyl halides is 3. The Labute approximate surface area is 176 Å². The molecule has 0 aliphatic carbocycles. The summed E-state index contributed by atoms with van der Waals surface area (Å²) in [5, 5.41) is 3.28. The Morgan fingerprint density at radius 3 is 2.70 bits per heavy atom. The van der Waals surface area contributed by atoms with Gasteiger partial charge in [-0.15, -0.1) is 24.0 Å². The van der Waals surface area contributed by atoms with Crippen LogP contribution in [0.3, 0.4) is 0 Å². The lowest BCUT2D eigenvalue weighted by atomic mass is 10.1. The summed E-state index contributed by atoms with van der Waals surface area (Å²) < 4.78 is 42.8. The molecule has 1 N–H and O–H groups in total. The van der Waals surface area contributed by atoms with Crippen LogP contribution in [0, 0.1) is 5.92 Å². The molecule has 0 aromatic heterocycles. The summed E-state index contributed by atoms with van der Waals surface area (Å²) in [5.74, 6) is 1.72. The molecule has 0 spiro atoms. The van der Waals surface area contributed by atoms with E-state index in [1.807, 2.05) is 36.2 Å². The van der Waals surface area contributed by atoms with Gasteiger partial charge in [-0.1, -0.05) is 18.2 Å². The van der Waals surface area contributed by atoms with Crippen LogP contribution < -0.4 is 10.1 Å². The Morgan fingerprint density at radius 2 is 2.07 bits per heavy atom. The summed E-state index contributed by atoms with van der Waals surface area (Å²) in [4.78, 5) is 7.71. The van der Waals surface area contributed by atoms with Crippen molar-refractivity contribution < 1.29 is 17.9 Å². The topological polar surface area (TPSA) is 40.1 Å². The van der Waals surface area contributed by atoms with Gasteiger partial charge < -0.3 is 15.0 Å². The van der Waals surface area contributed by atoms with Gasteiger partial charge >= 0.3 is 6.18 Å². The van der Waals surface area contributed by atoms with Crippen molar-refractivity contribution in [1.29, 1.82) is 0 Å². The minimum Gasteiger partial charge on any atom is -0.496 e. The highest BCUT2D eigenvalue weighted by molar-refractivity contribution is 14.0. The molecule has 2 rings (SSSR count). The molecule has 1 fully saturated rings. The summed E-state index contributed by atoms with van der Waals surface area (Å²) in [6, 6.07) is 7.78. The molecular formula is C18H28F3IN4O. The van der Waals surface area contributed by atoms with E-state index in [2.05, 4.69) is 10.3 Å². The number of rotatable bonds is 6. The zero-order chi connectivity index (χ0) is 19.2. The monoisotopic (exact) mass is 500 g/mol. The van der Waals surface area contributed by atoms with Crippen molar-refractivity contribution in [2.75, 3.05) is 47.4 Å². The molecule has 0 bridgehead atoms. The first-order valence-corrected chi connectivity index (χ1v) is 8.65. The van der Waals surface area contributed by atoms with Gasteiger partial charge in [0.25, 0.3) is 0 Å². The minimum atomic E-state index is -4.13. The number of ether oxygens (including phenoxy) is 1. The van der Waals surface area contributed by atoms with Gasteiger partial charge in [-0.2, -0.15) is 13.2 Å². The van der Waals surface area contributed by atoms with E-state index < -0.39 is 12.7 Å². The predicted molar refractivity (Wildman–Crippen MR) is 112 cm³/mol. The Kier molecular flexibility index (Phi) is 9.65. The van der Waals surface area contributed by atoms with Crippen molar-refractivity contribution >= 4 is 29.9 Å². The maximum absolute atomic E-state index is 12.5. The highest BCUT2D eigenvalue weighted by atomic mass is 127. The zero-order valence-corrected chi connectivity index (χ0v) is 18.3. The molecule has 27 heavy (non-hydrogen) atoms. The van der Waals surface area contributed by atoms with E-state index in [9.17, 15) is 13.2 Å². The second-order valence-corrected chi connectivity index (χ2v) is 6.60. The number of halogens is 4. The summed E-state index contributed by atoms with van der Waals surface area (Å²) in [6.45, 7) is 1.35. The average Bonchev–Trinajstić information content (AvgIpc) is 3.01. The number of nitrogens with one attached hydrogen (secondary N) is 1. The van der Waals surface area contributed by atoms with Crippen LogP contribution in [0.25, 0.3) is 0 Å². The molecule has 1 aliphatic heterocycles. The summed E-state index contributed by atoms with van der Waals surface area (Å²) in [7, 11) is 5.26. The van der Waals surface area contributed by atoms with Crippen molar-refractivity contribution in [2.24, 2.45) is 10.9 Å². The maximum Gasteiger partial charge on any atom is 0.401 e. The SMILES string of the molecule is CN=C(NCC1CCN(CC(F)(F)F)C1)N(C)Cc1ccccc1OC.I. The standard InChI is InChI=1S/C18H27F3N4O.HI/c1-22-17(24(2)12-15-6-4-5-7-16(15)26-3)23-10-14-8-9-25(11-14)13-18(19,20)21;/h4-7,14H,8-13H2,1-3H3,(H,22,23);1H. The smallest absolute Gasteiger partial charge is 0.401 e. The van der Waals surface area contributed by atoms with Crippen LogP contribution in [0.2, 0.25) is 0 Å². The lowest BCUT2D eigenvalue weighted by Gasteiger charge is -2.24. The fourth-order valence-corrected chi connectivity index (χ4v) is 3.26. The van der Waals surface area contributed by atoms with Gasteiger partial charge in [-0.25, -0.2) is 0 Å². The highest BCUT2D eigenvalue weighted by Crippen LogP contribution is 2.22. The molecule has 5 nitrogen and oxygen atoms in total. The minimum absolute atomic E-state index is 0. The fourth-order valence-electron chi connectivity index (χ4n) is 3.26. The van der Waals surface area contributed by atoms with E-state index in [1.165, 1.54) is 4.90 Å². The van der Waals surface area contributed by atoms with Crippen molar-refractivity contribution in [2.45, 2.75) is 19.1 Å². The van der Waals surface area contributed by atoms with Gasteiger partial charge in [0.2, 0.25) is 0 Å². The molecule has 0 saturated carbocycles. The number of benzene rings is 1. The Bertz CT molecular complexity index is 613. The summed E-state index contributed by atoms with van der Waals surface area (Å²) in [5.41, 5.74) is 1.04. The molecule has 0 amide bonds. The van der Waals surface area contributed by atoms with Crippen LogP contribution in [0.1, 0.15) is 12.0 Å². The number of likely N-dealkylation sites (tertiary alicyclic amines) is 1. The second kappa shape index (κ2) is 10.9. The van der Waals surface area contributed by atoms with Crippen LogP contribution in [0.4, 0.5) is 13.2 Å². The van der Waals surface area contributed by atoms with Gasteiger partial charge in [-0.3, -0.25) is 9.89 Å². The lowest BCUT2D eigenvalue weighted by molar-refractivity contribution is -0.143. The van der Waals surface area contributed by atoms with E-state index in [1.54, 1.807) is 14.2 Å². The number of nitrogens with zero attached hydrogens (tertiary/aromatic N) is 3. The third-order valence-electron chi connectivity index (χ3n) is 4.50. The van der Waals surface area contributed by atoms with E-state index in [0.717, 1.165) is 17.7 Å². The molecule has 154 valence electrons. The number of hydrogen-bond acceptors (Lipinski definition) is 3. The first kappa shape index (κ1) is 23.8. The molecule has 1 aromatic carbocycles. The second-order valence-electron chi connectivity index (χ2n) is 6.60. The van der Waals surface area contributed by atoms with Crippen LogP contribution in [-0.2, 0) is 6.54 Å². The van der Waals surface area contributed by atoms with Crippen LogP contribution >= 0.6 is 24.0 Å². The molecule has 1 heterocycles. The average molecular weight is 500 g/mol. The van der Waals surface area contributed by atoms with Crippen molar-refractivity contribution in [3.05, 3.63) is 29.8 Å². The van der Waals surface area contributed by atoms with Gasteiger partial charge in [-0.05, 0) is 24.9 Å². The Hall–Kier alpha value is -1.23. The third-order valence-corrected chi connectivity index (χ3v) is 4.50. The largest absolute Gasteiger partial charge is 0.496 e. The van der Waals surface area contributed by atoms with Gasteiger partial charge in [0.1, 0.15) is 5.75 Å². The third kappa shape index (κ3) is 7.73.